The highest BCUT2D eigenvalue weighted by atomic mass is 19.4. The standard InChI is InChI=1S/C24H22N4O.2C2HF3O2/c25-23(26)21-4-1-3-20(15-21)18-10-13-28(14-11-18)24(29)19-8-6-17(7-9-19)22-5-2-12-27-16-22;2*3-2(4,5)1(6)7/h1-10,12,15-16H,11,13-14H2,(H3,25,26);2*(H,6,7). The average Bonchev–Trinajstić information content (AvgIpc) is 2.97. The lowest BCUT2D eigenvalue weighted by molar-refractivity contribution is -0.193. The Morgan fingerprint density at radius 1 is 0.814 bits per heavy atom. The van der Waals surface area contributed by atoms with Gasteiger partial charge in [0.25, 0.3) is 5.91 Å². The van der Waals surface area contributed by atoms with Gasteiger partial charge in [-0.05, 0) is 52.9 Å². The van der Waals surface area contributed by atoms with Crippen LogP contribution in [0.2, 0.25) is 0 Å². The van der Waals surface area contributed by atoms with Gasteiger partial charge in [0.1, 0.15) is 5.84 Å². The molecule has 1 aliphatic rings. The van der Waals surface area contributed by atoms with E-state index in [2.05, 4.69) is 11.1 Å². The number of nitrogens with two attached hydrogens (primary N) is 1. The van der Waals surface area contributed by atoms with E-state index in [1.54, 1.807) is 6.20 Å². The molecule has 2 heterocycles. The molecule has 5 N–H and O–H groups in total. The first-order valence-electron chi connectivity index (χ1n) is 12.0. The maximum absolute atomic E-state index is 12.9. The van der Waals surface area contributed by atoms with Crippen molar-refractivity contribution < 1.29 is 50.9 Å². The summed E-state index contributed by atoms with van der Waals surface area (Å²) in [6.45, 7) is 1.24. The van der Waals surface area contributed by atoms with Crippen molar-refractivity contribution in [2.45, 2.75) is 18.8 Å². The normalized spacial score (nSPS) is 12.9. The van der Waals surface area contributed by atoms with Gasteiger partial charge >= 0.3 is 24.3 Å². The van der Waals surface area contributed by atoms with Crippen LogP contribution in [0.15, 0.2) is 79.1 Å². The molecule has 0 aliphatic carbocycles. The van der Waals surface area contributed by atoms with Gasteiger partial charge in [-0.2, -0.15) is 26.3 Å². The second kappa shape index (κ2) is 14.6. The summed E-state index contributed by atoms with van der Waals surface area (Å²) in [4.78, 5) is 36.7. The van der Waals surface area contributed by atoms with E-state index >= 15 is 0 Å². The Hall–Kier alpha value is -5.21. The molecule has 15 heteroatoms. The van der Waals surface area contributed by atoms with E-state index in [9.17, 15) is 31.1 Å². The number of nitrogen functional groups attached to an aromatic ring is 1. The van der Waals surface area contributed by atoms with Gasteiger partial charge in [-0.15, -0.1) is 0 Å². The first-order chi connectivity index (χ1) is 20.0. The van der Waals surface area contributed by atoms with Crippen LogP contribution >= 0.6 is 0 Å². The topological polar surface area (TPSA) is 158 Å². The largest absolute Gasteiger partial charge is 0.490 e. The summed E-state index contributed by atoms with van der Waals surface area (Å²) in [6.07, 6.45) is -3.74. The smallest absolute Gasteiger partial charge is 0.475 e. The van der Waals surface area contributed by atoms with Crippen molar-refractivity contribution in [2.24, 2.45) is 5.73 Å². The van der Waals surface area contributed by atoms with Crippen LogP contribution in [0.1, 0.15) is 27.9 Å². The molecule has 1 aromatic heterocycles. The summed E-state index contributed by atoms with van der Waals surface area (Å²) in [5.74, 6) is -5.41. The maximum atomic E-state index is 12.9. The van der Waals surface area contributed by atoms with E-state index < -0.39 is 24.3 Å². The number of rotatable bonds is 4. The van der Waals surface area contributed by atoms with Crippen LogP contribution in [0.25, 0.3) is 16.7 Å². The van der Waals surface area contributed by atoms with Gasteiger partial charge < -0.3 is 20.8 Å². The first kappa shape index (κ1) is 34.0. The van der Waals surface area contributed by atoms with Crippen molar-refractivity contribution in [1.82, 2.24) is 9.88 Å². The summed E-state index contributed by atoms with van der Waals surface area (Å²) < 4.78 is 63.5. The van der Waals surface area contributed by atoms with E-state index in [1.807, 2.05) is 71.8 Å². The van der Waals surface area contributed by atoms with Crippen molar-refractivity contribution >= 4 is 29.3 Å². The number of carbonyl (C=O) groups excluding carboxylic acids is 1. The zero-order chi connectivity index (χ0) is 32.4. The number of amidine groups is 1. The lowest BCUT2D eigenvalue weighted by atomic mass is 9.97. The number of halogens is 6. The van der Waals surface area contributed by atoms with Gasteiger partial charge in [-0.25, -0.2) is 9.59 Å². The second-order valence-corrected chi connectivity index (χ2v) is 8.65. The van der Waals surface area contributed by atoms with Gasteiger partial charge in [-0.1, -0.05) is 42.5 Å². The van der Waals surface area contributed by atoms with Crippen LogP contribution in [0.3, 0.4) is 0 Å². The molecular weight excluding hydrogens is 586 g/mol. The number of alkyl halides is 6. The number of nitrogens with zero attached hydrogens (tertiary/aromatic N) is 2. The highest BCUT2D eigenvalue weighted by Gasteiger charge is 2.38. The summed E-state index contributed by atoms with van der Waals surface area (Å²) in [5, 5.41) is 21.9. The molecule has 1 amide bonds. The van der Waals surface area contributed by atoms with Crippen LogP contribution in [-0.2, 0) is 9.59 Å². The Balaban J connectivity index is 0.000000384. The molecule has 3 aromatic rings. The third-order valence-electron chi connectivity index (χ3n) is 5.65. The maximum Gasteiger partial charge on any atom is 0.490 e. The van der Waals surface area contributed by atoms with Gasteiger partial charge in [0.15, 0.2) is 0 Å². The molecule has 0 radical (unpaired) electrons. The number of carbonyl (C=O) groups is 3. The molecule has 9 nitrogen and oxygen atoms in total. The van der Waals surface area contributed by atoms with Crippen molar-refractivity contribution in [1.29, 1.82) is 5.41 Å². The number of amides is 1. The first-order valence-corrected chi connectivity index (χ1v) is 12.0. The molecule has 1 aliphatic heterocycles. The fraction of sp³-hybridized carbons (Fsp3) is 0.179. The second-order valence-electron chi connectivity index (χ2n) is 8.65. The van der Waals surface area contributed by atoms with E-state index in [-0.39, 0.29) is 11.7 Å². The highest BCUT2D eigenvalue weighted by molar-refractivity contribution is 5.96. The molecule has 0 unspecified atom stereocenters. The van der Waals surface area contributed by atoms with Crippen LogP contribution in [0.5, 0.6) is 0 Å². The van der Waals surface area contributed by atoms with E-state index in [0.717, 1.165) is 28.7 Å². The quantitative estimate of drug-likeness (QED) is 0.179. The van der Waals surface area contributed by atoms with Crippen molar-refractivity contribution in [3.05, 3.63) is 95.8 Å². The summed E-state index contributed by atoms with van der Waals surface area (Å²) in [6, 6.07) is 19.3. The van der Waals surface area contributed by atoms with Crippen molar-refractivity contribution in [2.75, 3.05) is 13.1 Å². The van der Waals surface area contributed by atoms with E-state index in [4.69, 9.17) is 30.9 Å². The molecule has 0 fully saturated rings. The number of aliphatic carboxylic acids is 2. The van der Waals surface area contributed by atoms with Crippen molar-refractivity contribution in [3.63, 3.8) is 0 Å². The van der Waals surface area contributed by atoms with Gasteiger partial charge in [-0.3, -0.25) is 15.2 Å². The van der Waals surface area contributed by atoms with Crippen molar-refractivity contribution in [3.8, 4) is 11.1 Å². The van der Waals surface area contributed by atoms with Crippen LogP contribution < -0.4 is 5.73 Å². The predicted octanol–water partition coefficient (Wildman–Crippen LogP) is 5.23. The van der Waals surface area contributed by atoms with Crippen LogP contribution in [-0.4, -0.2) is 69.2 Å². The van der Waals surface area contributed by atoms with E-state index in [1.165, 1.54) is 5.57 Å². The molecule has 0 atom stereocenters. The molecule has 4 rings (SSSR count). The molecular formula is C28H24F6N4O5. The molecule has 43 heavy (non-hydrogen) atoms. The lowest BCUT2D eigenvalue weighted by Crippen LogP contribution is -2.34. The van der Waals surface area contributed by atoms with Crippen LogP contribution in [0.4, 0.5) is 26.3 Å². The molecule has 228 valence electrons. The minimum Gasteiger partial charge on any atom is -0.475 e. The van der Waals surface area contributed by atoms with Crippen LogP contribution in [0, 0.1) is 5.41 Å². The third-order valence-corrected chi connectivity index (χ3v) is 5.65. The Morgan fingerprint density at radius 2 is 1.37 bits per heavy atom. The number of carboxylic acids is 2. The summed E-state index contributed by atoms with van der Waals surface area (Å²) >= 11 is 0. The fourth-order valence-corrected chi connectivity index (χ4v) is 3.52. The highest BCUT2D eigenvalue weighted by Crippen LogP contribution is 2.25. The zero-order valence-electron chi connectivity index (χ0n) is 22.0. The molecule has 2 aromatic carbocycles. The SMILES string of the molecule is N=C(N)c1cccc(C2=CCN(C(=O)c3ccc(-c4cccnc4)cc3)CC2)c1.O=C(O)C(F)(F)F.O=C(O)C(F)(F)F. The minimum absolute atomic E-state index is 0.0375. The van der Waals surface area contributed by atoms with Gasteiger partial charge in [0.05, 0.1) is 0 Å². The number of hydrogen-bond acceptors (Lipinski definition) is 5. The lowest BCUT2D eigenvalue weighted by Gasteiger charge is -2.27. The predicted molar refractivity (Wildman–Crippen MR) is 143 cm³/mol. The monoisotopic (exact) mass is 610 g/mol. The number of hydrogen-bond donors (Lipinski definition) is 4. The number of pyridine rings is 1. The Morgan fingerprint density at radius 3 is 1.81 bits per heavy atom. The number of nitrogens with one attached hydrogen (secondary N) is 1. The Bertz CT molecular complexity index is 1450. The Kier molecular flexibility index (Phi) is 11.6. The number of carboxylic acid groups (broad SMARTS) is 2. The number of benzene rings is 2. The summed E-state index contributed by atoms with van der Waals surface area (Å²) in [7, 11) is 0. The molecule has 0 saturated heterocycles. The average molecular weight is 611 g/mol. The fourth-order valence-electron chi connectivity index (χ4n) is 3.52. The molecule has 0 spiro atoms. The van der Waals surface area contributed by atoms with E-state index in [0.29, 0.717) is 18.7 Å². The summed E-state index contributed by atoms with van der Waals surface area (Å²) in [5.41, 5.74) is 11.3. The molecule has 0 saturated carbocycles. The minimum atomic E-state index is -5.08. The Labute approximate surface area is 240 Å². The number of aromatic nitrogens is 1. The van der Waals surface area contributed by atoms with Gasteiger partial charge in [0.2, 0.25) is 0 Å². The molecule has 0 bridgehead atoms. The third kappa shape index (κ3) is 10.6. The zero-order valence-corrected chi connectivity index (χ0v) is 22.0. The van der Waals surface area contributed by atoms with Gasteiger partial charge in [0, 0.05) is 36.6 Å².